The second-order valence-electron chi connectivity index (χ2n) is 3.03. The van der Waals surface area contributed by atoms with Crippen molar-refractivity contribution in [3.05, 3.63) is 48.7 Å². The molecule has 0 saturated heterocycles. The third-order valence-corrected chi connectivity index (χ3v) is 4.04. The van der Waals surface area contributed by atoms with Crippen molar-refractivity contribution in [3.63, 3.8) is 0 Å². The molecule has 0 aliphatic carbocycles. The maximum absolute atomic E-state index is 4.40. The van der Waals surface area contributed by atoms with Gasteiger partial charge in [0.1, 0.15) is 0 Å². The summed E-state index contributed by atoms with van der Waals surface area (Å²) in [6.07, 6.45) is 1.86. The average molecular weight is 240 g/mol. The number of nitrogens with zero attached hydrogens (tertiary/aromatic N) is 1. The predicted molar refractivity (Wildman–Crippen MR) is 55.1 cm³/mol. The van der Waals surface area contributed by atoms with Crippen LogP contribution < -0.4 is -1.37 Å². The van der Waals surface area contributed by atoms with Gasteiger partial charge in [0, 0.05) is 0 Å². The third-order valence-electron chi connectivity index (χ3n) is 2.06. The van der Waals surface area contributed by atoms with Gasteiger partial charge in [-0.3, -0.25) is 0 Å². The number of hydrogen-bond donors (Lipinski definition) is 0. The fourth-order valence-corrected chi connectivity index (χ4v) is 2.88. The minimum atomic E-state index is 0.520. The molecule has 0 radical (unpaired) electrons. The molecule has 2 heteroatoms. The molecule has 1 aromatic carbocycles. The molecular weight excluding hydrogens is 232 g/mol. The van der Waals surface area contributed by atoms with Gasteiger partial charge in [0.05, 0.1) is 0 Å². The summed E-state index contributed by atoms with van der Waals surface area (Å²) < 4.78 is 1.43. The van der Waals surface area contributed by atoms with Crippen molar-refractivity contribution in [3.8, 4) is 11.3 Å². The first-order valence-corrected chi connectivity index (χ1v) is 6.81. The van der Waals surface area contributed by atoms with Gasteiger partial charge in [-0.15, -0.1) is 0 Å². The van der Waals surface area contributed by atoms with Crippen LogP contribution in [0.3, 0.4) is 0 Å². The molecule has 1 heterocycles. The van der Waals surface area contributed by atoms with E-state index in [2.05, 4.69) is 35.3 Å². The Morgan fingerprint density at radius 1 is 0.923 bits per heavy atom. The molecule has 0 aliphatic heterocycles. The second-order valence-corrected chi connectivity index (χ2v) is 5.68. The normalized spacial score (nSPS) is 10.0. The molecular formula is C11H8NRb. The van der Waals surface area contributed by atoms with Gasteiger partial charge in [-0.1, -0.05) is 0 Å². The Morgan fingerprint density at radius 3 is 2.38 bits per heavy atom. The summed E-state index contributed by atoms with van der Waals surface area (Å²) in [6, 6.07) is 14.6. The van der Waals surface area contributed by atoms with E-state index in [1.807, 2.05) is 18.3 Å². The zero-order chi connectivity index (χ0) is 9.10. The number of aromatic nitrogens is 1. The third kappa shape index (κ3) is 2.35. The van der Waals surface area contributed by atoms with E-state index in [9.17, 15) is 0 Å². The van der Waals surface area contributed by atoms with Gasteiger partial charge in [0.15, 0.2) is 0 Å². The van der Waals surface area contributed by atoms with Crippen LogP contribution in [0.4, 0.5) is 0 Å². The van der Waals surface area contributed by atoms with Crippen LogP contribution in [-0.4, -0.2) is 60.5 Å². The Morgan fingerprint density at radius 2 is 1.69 bits per heavy atom. The molecule has 0 fully saturated rings. The molecule has 0 saturated carbocycles. The van der Waals surface area contributed by atoms with E-state index in [4.69, 9.17) is 0 Å². The molecule has 0 spiro atoms. The average Bonchev–Trinajstić information content (AvgIpc) is 2.20. The summed E-state index contributed by atoms with van der Waals surface area (Å²) in [5.41, 5.74) is 2.40. The number of benzene rings is 1. The van der Waals surface area contributed by atoms with E-state index in [0.29, 0.717) is 55.5 Å². The van der Waals surface area contributed by atoms with Crippen molar-refractivity contribution >= 4 is 54.2 Å². The van der Waals surface area contributed by atoms with Crippen LogP contribution >= 0.6 is 0 Å². The van der Waals surface area contributed by atoms with Gasteiger partial charge in [-0.05, 0) is 0 Å². The van der Waals surface area contributed by atoms with Gasteiger partial charge >= 0.3 is 119 Å². The summed E-state index contributed by atoms with van der Waals surface area (Å²) in [5.74, 6) is 0. The Labute approximate surface area is 117 Å². The molecule has 0 aliphatic rings. The van der Waals surface area contributed by atoms with Crippen molar-refractivity contribution in [1.82, 2.24) is 4.98 Å². The van der Waals surface area contributed by atoms with Gasteiger partial charge < -0.3 is 0 Å². The number of hydrogen-bond acceptors (Lipinski definition) is 1. The molecule has 58 valence electrons. The van der Waals surface area contributed by atoms with Crippen LogP contribution in [0.5, 0.6) is 0 Å². The van der Waals surface area contributed by atoms with Crippen molar-refractivity contribution in [2.24, 2.45) is 0 Å². The Bertz CT molecular complexity index is 398. The first kappa shape index (κ1) is 9.72. The van der Waals surface area contributed by atoms with Crippen molar-refractivity contribution in [2.75, 3.05) is 0 Å². The summed E-state index contributed by atoms with van der Waals surface area (Å²) in [7, 11) is 0. The zero-order valence-electron chi connectivity index (χ0n) is 7.57. The van der Waals surface area contributed by atoms with Crippen molar-refractivity contribution in [2.45, 2.75) is 0 Å². The molecule has 2 rings (SSSR count). The van der Waals surface area contributed by atoms with Crippen LogP contribution in [0, 0.1) is 0 Å². The van der Waals surface area contributed by atoms with E-state index >= 15 is 0 Å². The maximum atomic E-state index is 4.40. The van der Waals surface area contributed by atoms with Gasteiger partial charge in [-0.2, -0.15) is 0 Å². The molecule has 1 nitrogen and oxygen atoms in total. The van der Waals surface area contributed by atoms with Gasteiger partial charge in [0.25, 0.3) is 0 Å². The van der Waals surface area contributed by atoms with E-state index < -0.39 is 0 Å². The van der Waals surface area contributed by atoms with Crippen molar-refractivity contribution < 1.29 is 0 Å². The predicted octanol–water partition coefficient (Wildman–Crippen LogP) is 1.54. The standard InChI is InChI=1S/C11H8N.Rb/c1-2-6-10(7-3-1)11-8-4-5-9-12-11;/h1-7,9H;. The van der Waals surface area contributed by atoms with Crippen LogP contribution in [0.1, 0.15) is 0 Å². The van der Waals surface area contributed by atoms with Gasteiger partial charge in [0.2, 0.25) is 0 Å². The molecule has 0 N–H and O–H groups in total. The molecule has 0 atom stereocenters. The molecule has 13 heavy (non-hydrogen) atoms. The van der Waals surface area contributed by atoms with E-state index in [0.717, 1.165) is 0 Å². The molecule has 0 amide bonds. The second kappa shape index (κ2) is 4.60. The molecule has 0 bridgehead atoms. The van der Waals surface area contributed by atoms with Crippen LogP contribution in [0.2, 0.25) is 0 Å². The number of pyridine rings is 1. The number of rotatable bonds is 1. The van der Waals surface area contributed by atoms with E-state index in [1.165, 1.54) is 9.89 Å². The summed E-state index contributed by atoms with van der Waals surface area (Å²) in [6.45, 7) is 0. The molecule has 1 aromatic heterocycles. The van der Waals surface area contributed by atoms with E-state index in [1.54, 1.807) is 0 Å². The molecule has 0 unspecified atom stereocenters. The summed E-state index contributed by atoms with van der Waals surface area (Å²) >= 11 is 0.520. The monoisotopic (exact) mass is 239 g/mol. The Balaban J connectivity index is 2.54. The Hall–Kier alpha value is 0.175. The topological polar surface area (TPSA) is 12.9 Å². The van der Waals surface area contributed by atoms with Crippen LogP contribution in [0.25, 0.3) is 11.3 Å². The first-order valence-electron chi connectivity index (χ1n) is 4.35. The first-order chi connectivity index (χ1) is 6.38. The summed E-state index contributed by atoms with van der Waals surface area (Å²) in [4.78, 5) is 4.40. The van der Waals surface area contributed by atoms with Crippen LogP contribution in [0.15, 0.2) is 48.7 Å². The summed E-state index contributed by atoms with van der Waals surface area (Å²) in [5, 5.41) is 0. The minimum absolute atomic E-state index is 0.520. The van der Waals surface area contributed by atoms with E-state index in [-0.39, 0.29) is 0 Å². The van der Waals surface area contributed by atoms with Crippen molar-refractivity contribution in [1.29, 1.82) is 0 Å². The SMILES string of the molecule is [Rb][c]1cccnc1-c1ccccc1. The van der Waals surface area contributed by atoms with Gasteiger partial charge in [-0.25, -0.2) is 0 Å². The molecule has 2 aromatic rings. The quantitative estimate of drug-likeness (QED) is 0.736. The fourth-order valence-electron chi connectivity index (χ4n) is 1.38. The fraction of sp³-hybridized carbons (Fsp3) is 0. The zero-order valence-corrected chi connectivity index (χ0v) is 12.5. The Kier molecular flexibility index (Phi) is 3.44. The van der Waals surface area contributed by atoms with Crippen LogP contribution in [-0.2, 0) is 0 Å².